The molecule has 1 heterocycles. The molecule has 8 heteroatoms. The van der Waals surface area contributed by atoms with Gasteiger partial charge >= 0.3 is 5.97 Å². The fourth-order valence-corrected chi connectivity index (χ4v) is 8.22. The van der Waals surface area contributed by atoms with Gasteiger partial charge in [-0.15, -0.1) is 0 Å². The first kappa shape index (κ1) is 34.8. The van der Waals surface area contributed by atoms with Gasteiger partial charge in [0.25, 0.3) is 0 Å². The first-order chi connectivity index (χ1) is 23.6. The minimum absolute atomic E-state index is 0.0251. The van der Waals surface area contributed by atoms with Crippen LogP contribution in [0.4, 0.5) is 10.1 Å². The van der Waals surface area contributed by atoms with Crippen molar-refractivity contribution in [2.24, 2.45) is 17.8 Å². The van der Waals surface area contributed by atoms with Crippen molar-refractivity contribution in [2.45, 2.75) is 115 Å². The van der Waals surface area contributed by atoms with Crippen LogP contribution in [0.1, 0.15) is 94.2 Å². The molecule has 2 aromatic carbocycles. The van der Waals surface area contributed by atoms with Gasteiger partial charge in [0.15, 0.2) is 11.6 Å². The van der Waals surface area contributed by atoms with E-state index in [1.165, 1.54) is 19.1 Å². The number of ether oxygens (including phenoxy) is 1. The lowest BCUT2D eigenvalue weighted by atomic mass is 9.76. The minimum atomic E-state index is -0.888. The van der Waals surface area contributed by atoms with Crippen LogP contribution in [0.25, 0.3) is 0 Å². The van der Waals surface area contributed by atoms with Crippen molar-refractivity contribution < 1.29 is 28.3 Å². The first-order valence-corrected chi connectivity index (χ1v) is 18.1. The number of carbonyl (C=O) groups excluding carboxylic acids is 4. The number of benzene rings is 2. The molecule has 0 radical (unpaired) electrons. The maximum Gasteiger partial charge on any atom is 0.330 e. The van der Waals surface area contributed by atoms with Gasteiger partial charge in [0.2, 0.25) is 5.91 Å². The number of nitrogens with one attached hydrogen (secondary N) is 2. The van der Waals surface area contributed by atoms with Gasteiger partial charge in [-0.2, -0.15) is 0 Å². The molecule has 2 bridgehead atoms. The SMILES string of the molecule is CC(=O)[C@@]12C[C@H]1/C=C\CCCCC[C@H](Nc1cccc(C)c1)C(=O)CC1C[C@H](OC(=O)/C=C3/CCc4c(F)cccc4C3)C[C@H](C1)C(=O)N2. The molecular formula is C41H49FN2O5. The summed E-state index contributed by atoms with van der Waals surface area (Å²) in [5, 5.41) is 6.61. The van der Waals surface area contributed by atoms with Gasteiger partial charge in [0.05, 0.1) is 6.04 Å². The van der Waals surface area contributed by atoms with Crippen LogP contribution in [0.2, 0.25) is 0 Å². The lowest BCUT2D eigenvalue weighted by Gasteiger charge is -2.35. The molecule has 6 rings (SSSR count). The van der Waals surface area contributed by atoms with Crippen molar-refractivity contribution >= 4 is 29.1 Å². The normalized spacial score (nSPS) is 30.6. The molecule has 0 saturated heterocycles. The molecule has 260 valence electrons. The van der Waals surface area contributed by atoms with E-state index in [1.807, 2.05) is 37.3 Å². The van der Waals surface area contributed by atoms with Crippen LogP contribution in [0, 0.1) is 30.5 Å². The molecule has 1 aliphatic heterocycles. The Bertz CT molecular complexity index is 1650. The number of ketones is 2. The van der Waals surface area contributed by atoms with Crippen LogP contribution in [0.3, 0.4) is 0 Å². The number of hydrogen-bond donors (Lipinski definition) is 2. The maximum atomic E-state index is 14.3. The molecule has 3 aliphatic carbocycles. The van der Waals surface area contributed by atoms with Crippen molar-refractivity contribution in [2.75, 3.05) is 5.32 Å². The zero-order valence-electron chi connectivity index (χ0n) is 28.8. The number of anilines is 1. The van der Waals surface area contributed by atoms with E-state index >= 15 is 0 Å². The van der Waals surface area contributed by atoms with Crippen molar-refractivity contribution in [1.29, 1.82) is 0 Å². The van der Waals surface area contributed by atoms with Crippen LogP contribution in [-0.2, 0) is 36.8 Å². The van der Waals surface area contributed by atoms with E-state index in [0.717, 1.165) is 48.1 Å². The molecule has 7 nitrogen and oxygen atoms in total. The van der Waals surface area contributed by atoms with Crippen molar-refractivity contribution in [3.05, 3.63) is 88.8 Å². The van der Waals surface area contributed by atoms with Gasteiger partial charge < -0.3 is 15.4 Å². The minimum Gasteiger partial charge on any atom is -0.459 e. The van der Waals surface area contributed by atoms with E-state index in [-0.39, 0.29) is 47.6 Å². The van der Waals surface area contributed by atoms with Crippen LogP contribution < -0.4 is 10.6 Å². The molecule has 2 fully saturated rings. The van der Waals surface area contributed by atoms with Crippen LogP contribution in [-0.4, -0.2) is 41.1 Å². The highest BCUT2D eigenvalue weighted by Crippen LogP contribution is 2.46. The van der Waals surface area contributed by atoms with E-state index in [4.69, 9.17) is 4.74 Å². The number of hydrogen-bond acceptors (Lipinski definition) is 6. The van der Waals surface area contributed by atoms with Crippen molar-refractivity contribution in [3.8, 4) is 0 Å². The average molecular weight is 669 g/mol. The summed E-state index contributed by atoms with van der Waals surface area (Å²) in [6.07, 6.45) is 13.4. The van der Waals surface area contributed by atoms with Gasteiger partial charge in [0, 0.05) is 30.0 Å². The summed E-state index contributed by atoms with van der Waals surface area (Å²) in [7, 11) is 0. The summed E-state index contributed by atoms with van der Waals surface area (Å²) < 4.78 is 20.3. The average Bonchev–Trinajstić information content (AvgIpc) is 3.76. The third-order valence-corrected chi connectivity index (χ3v) is 11.0. The molecule has 49 heavy (non-hydrogen) atoms. The smallest absolute Gasteiger partial charge is 0.330 e. The fraction of sp³-hybridized carbons (Fsp3) is 0.512. The number of Topliss-reactive ketones (excluding diaryl/α,β-unsaturated/α-hetero) is 2. The third-order valence-electron chi connectivity index (χ3n) is 11.0. The molecule has 0 aromatic heterocycles. The molecule has 2 aromatic rings. The second-order valence-electron chi connectivity index (χ2n) is 14.8. The molecule has 4 aliphatic rings. The molecule has 2 N–H and O–H groups in total. The summed E-state index contributed by atoms with van der Waals surface area (Å²) in [6.45, 7) is 3.57. The largest absolute Gasteiger partial charge is 0.459 e. The monoisotopic (exact) mass is 668 g/mol. The van der Waals surface area contributed by atoms with Crippen LogP contribution in [0.15, 0.2) is 66.3 Å². The van der Waals surface area contributed by atoms with E-state index in [2.05, 4.69) is 22.8 Å². The number of amides is 1. The number of aryl methyl sites for hydroxylation is 1. The molecule has 2 saturated carbocycles. The zero-order valence-corrected chi connectivity index (χ0v) is 28.8. The van der Waals surface area contributed by atoms with E-state index in [9.17, 15) is 23.6 Å². The lowest BCUT2D eigenvalue weighted by Crippen LogP contribution is -2.48. The fourth-order valence-electron chi connectivity index (χ4n) is 8.22. The lowest BCUT2D eigenvalue weighted by molar-refractivity contribution is -0.149. The Hall–Kier alpha value is -4.07. The van der Waals surface area contributed by atoms with Gasteiger partial charge in [-0.1, -0.05) is 54.8 Å². The van der Waals surface area contributed by atoms with E-state index < -0.39 is 23.5 Å². The number of halogens is 1. The van der Waals surface area contributed by atoms with E-state index in [1.54, 1.807) is 6.07 Å². The van der Waals surface area contributed by atoms with Gasteiger partial charge in [0.1, 0.15) is 17.5 Å². The number of fused-ring (bicyclic) bond motifs is 4. The Morgan fingerprint density at radius 2 is 1.88 bits per heavy atom. The van der Waals surface area contributed by atoms with Crippen molar-refractivity contribution in [3.63, 3.8) is 0 Å². The Kier molecular flexibility index (Phi) is 10.8. The molecule has 0 spiro atoms. The van der Waals surface area contributed by atoms with Gasteiger partial charge in [-0.25, -0.2) is 9.18 Å². The molecular weight excluding hydrogens is 619 g/mol. The van der Waals surface area contributed by atoms with Crippen LogP contribution in [0.5, 0.6) is 0 Å². The topological polar surface area (TPSA) is 102 Å². The van der Waals surface area contributed by atoms with Gasteiger partial charge in [-0.3, -0.25) is 14.4 Å². The highest BCUT2D eigenvalue weighted by Gasteiger charge is 2.58. The Morgan fingerprint density at radius 3 is 2.69 bits per heavy atom. The number of rotatable bonds is 5. The summed E-state index contributed by atoms with van der Waals surface area (Å²) >= 11 is 0. The second kappa shape index (κ2) is 15.2. The molecule has 6 atom stereocenters. The molecule has 1 unspecified atom stereocenters. The maximum absolute atomic E-state index is 14.3. The zero-order chi connectivity index (χ0) is 34.5. The van der Waals surface area contributed by atoms with Gasteiger partial charge in [-0.05, 0) is 119 Å². The first-order valence-electron chi connectivity index (χ1n) is 18.1. The summed E-state index contributed by atoms with van der Waals surface area (Å²) in [5.74, 6) is -1.54. The van der Waals surface area contributed by atoms with Crippen molar-refractivity contribution in [1.82, 2.24) is 5.32 Å². The standard InChI is InChI=1S/C41H49FN2O5/c1-26-10-8-13-33(18-26)43-37-15-7-5-3-4-6-12-32-25-41(32,27(2)45)44-40(48)31-20-29(22-38(37)46)21-34(24-31)49-39(47)23-28-16-17-35-30(19-28)11-9-14-36(35)42/h6,8-14,18,23,29,31-32,34,37,43H,3-5,7,15-17,19-22,24-25H2,1-2H3,(H,44,48)/b12-6-,28-23-/t29?,31-,32+,34-,37-,41-/m0/s1. The number of carbonyl (C=O) groups is 4. The Labute approximate surface area is 289 Å². The molecule has 1 amide bonds. The predicted octanol–water partition coefficient (Wildman–Crippen LogP) is 7.30. The summed E-state index contributed by atoms with van der Waals surface area (Å²) in [6, 6.07) is 12.7. The quantitative estimate of drug-likeness (QED) is 0.197. The predicted molar refractivity (Wildman–Crippen MR) is 187 cm³/mol. The Balaban J connectivity index is 1.20. The summed E-state index contributed by atoms with van der Waals surface area (Å²) in [5.41, 5.74) is 3.61. The Morgan fingerprint density at radius 1 is 1.04 bits per heavy atom. The second-order valence-corrected chi connectivity index (χ2v) is 14.8. The van der Waals surface area contributed by atoms with Crippen LogP contribution >= 0.6 is 0 Å². The summed E-state index contributed by atoms with van der Waals surface area (Å²) in [4.78, 5) is 53.9. The highest BCUT2D eigenvalue weighted by atomic mass is 19.1. The number of esters is 1. The van der Waals surface area contributed by atoms with E-state index in [0.29, 0.717) is 56.9 Å². The highest BCUT2D eigenvalue weighted by molar-refractivity contribution is 5.95. The third kappa shape index (κ3) is 8.57. The number of allylic oxidation sites excluding steroid dienone is 2.